The lowest BCUT2D eigenvalue weighted by Crippen LogP contribution is -2.04. The van der Waals surface area contributed by atoms with Crippen LogP contribution in [0.5, 0.6) is 5.75 Å². The molecule has 3 heteroatoms. The molecule has 0 bridgehead atoms. The second-order valence-corrected chi connectivity index (χ2v) is 5.27. The highest BCUT2D eigenvalue weighted by molar-refractivity contribution is 6.32. The number of ether oxygens (including phenoxy) is 1. The fraction of sp³-hybridized carbons (Fsp3) is 0.533. The second-order valence-electron chi connectivity index (χ2n) is 4.89. The molecule has 0 aliphatic rings. The molecule has 2 nitrogen and oxygen atoms in total. The Balaban J connectivity index is 3.13. The quantitative estimate of drug-likeness (QED) is 0.789. The molecule has 1 unspecified atom stereocenters. The molecule has 1 aromatic rings. The van der Waals surface area contributed by atoms with E-state index in [0.29, 0.717) is 6.42 Å². The molecule has 18 heavy (non-hydrogen) atoms. The summed E-state index contributed by atoms with van der Waals surface area (Å²) >= 11 is 6.30. The molecule has 1 rings (SSSR count). The van der Waals surface area contributed by atoms with E-state index in [9.17, 15) is 4.79 Å². The number of rotatable bonds is 5. The summed E-state index contributed by atoms with van der Waals surface area (Å²) in [5, 5.41) is 0.792. The fourth-order valence-electron chi connectivity index (χ4n) is 2.28. The number of ketones is 1. The van der Waals surface area contributed by atoms with E-state index in [-0.39, 0.29) is 11.7 Å². The van der Waals surface area contributed by atoms with Gasteiger partial charge < -0.3 is 9.53 Å². The van der Waals surface area contributed by atoms with Gasteiger partial charge >= 0.3 is 0 Å². The van der Waals surface area contributed by atoms with Crippen molar-refractivity contribution in [2.24, 2.45) is 0 Å². The number of methoxy groups -OCH3 is 1. The van der Waals surface area contributed by atoms with E-state index >= 15 is 0 Å². The van der Waals surface area contributed by atoms with E-state index in [1.54, 1.807) is 14.0 Å². The van der Waals surface area contributed by atoms with Crippen LogP contribution in [0.1, 0.15) is 49.3 Å². The molecule has 0 saturated heterocycles. The van der Waals surface area contributed by atoms with Crippen molar-refractivity contribution in [2.75, 3.05) is 7.11 Å². The summed E-state index contributed by atoms with van der Waals surface area (Å²) in [7, 11) is 1.67. The molecule has 1 atom stereocenters. The van der Waals surface area contributed by atoms with Gasteiger partial charge in [-0.15, -0.1) is 0 Å². The normalized spacial score (nSPS) is 12.3. The molecular weight excluding hydrogens is 248 g/mol. The van der Waals surface area contributed by atoms with Gasteiger partial charge in [0.25, 0.3) is 0 Å². The number of hydrogen-bond acceptors (Lipinski definition) is 2. The summed E-state index contributed by atoms with van der Waals surface area (Å²) in [4.78, 5) is 11.1. The Bertz CT molecular complexity index is 452. The lowest BCUT2D eigenvalue weighted by atomic mass is 9.90. The Hall–Kier alpha value is -1.02. The summed E-state index contributed by atoms with van der Waals surface area (Å²) in [5.41, 5.74) is 3.20. The molecule has 1 aromatic carbocycles. The average molecular weight is 269 g/mol. The molecule has 0 N–H and O–H groups in total. The molecule has 0 radical (unpaired) electrons. The smallest absolute Gasteiger partial charge is 0.129 e. The average Bonchev–Trinajstić information content (AvgIpc) is 2.32. The number of carbonyl (C=O) groups is 1. The summed E-state index contributed by atoms with van der Waals surface area (Å²) in [5.74, 6) is 1.35. The van der Waals surface area contributed by atoms with Gasteiger partial charge in [0.2, 0.25) is 0 Å². The zero-order valence-corrected chi connectivity index (χ0v) is 12.5. The Kier molecular flexibility index (Phi) is 5.21. The number of carbonyl (C=O) groups excluding carboxylic acids is 1. The molecule has 0 fully saturated rings. The first-order valence-electron chi connectivity index (χ1n) is 6.21. The van der Waals surface area contributed by atoms with Crippen LogP contribution in [0, 0.1) is 13.8 Å². The van der Waals surface area contributed by atoms with Gasteiger partial charge in [0.05, 0.1) is 7.11 Å². The standard InChI is InChI=1S/C15H21ClO2/c1-9(6-7-11(3)17)14-12(4)15(16)10(2)8-13(14)18-5/h8-9H,6-7H2,1-5H3. The highest BCUT2D eigenvalue weighted by Crippen LogP contribution is 2.37. The molecule has 0 aliphatic carbocycles. The summed E-state index contributed by atoms with van der Waals surface area (Å²) in [6, 6.07) is 1.97. The van der Waals surface area contributed by atoms with Crippen molar-refractivity contribution in [3.05, 3.63) is 27.8 Å². The number of benzene rings is 1. The Labute approximate surface area is 114 Å². The van der Waals surface area contributed by atoms with Crippen molar-refractivity contribution in [2.45, 2.75) is 46.5 Å². The molecule has 100 valence electrons. The first-order valence-corrected chi connectivity index (χ1v) is 6.59. The van der Waals surface area contributed by atoms with Crippen molar-refractivity contribution in [1.29, 1.82) is 0 Å². The Morgan fingerprint density at radius 3 is 2.56 bits per heavy atom. The van der Waals surface area contributed by atoms with E-state index in [0.717, 1.165) is 33.9 Å². The molecule has 0 aromatic heterocycles. The molecule has 0 aliphatic heterocycles. The Morgan fingerprint density at radius 2 is 2.06 bits per heavy atom. The van der Waals surface area contributed by atoms with Crippen molar-refractivity contribution >= 4 is 17.4 Å². The Morgan fingerprint density at radius 1 is 1.44 bits per heavy atom. The van der Waals surface area contributed by atoms with Crippen LogP contribution in [0.25, 0.3) is 0 Å². The minimum Gasteiger partial charge on any atom is -0.496 e. The van der Waals surface area contributed by atoms with Crippen molar-refractivity contribution in [1.82, 2.24) is 0 Å². The fourth-order valence-corrected chi connectivity index (χ4v) is 2.44. The predicted molar refractivity (Wildman–Crippen MR) is 75.8 cm³/mol. The van der Waals surface area contributed by atoms with Crippen LogP contribution < -0.4 is 4.74 Å². The monoisotopic (exact) mass is 268 g/mol. The zero-order valence-electron chi connectivity index (χ0n) is 11.8. The largest absolute Gasteiger partial charge is 0.496 e. The zero-order chi connectivity index (χ0) is 13.9. The number of hydrogen-bond donors (Lipinski definition) is 0. The molecule has 0 spiro atoms. The van der Waals surface area contributed by atoms with E-state index in [1.165, 1.54) is 0 Å². The van der Waals surface area contributed by atoms with Gasteiger partial charge in [-0.1, -0.05) is 18.5 Å². The first kappa shape index (κ1) is 15.0. The van der Waals surface area contributed by atoms with Gasteiger partial charge in [0.15, 0.2) is 0 Å². The lowest BCUT2D eigenvalue weighted by molar-refractivity contribution is -0.117. The van der Waals surface area contributed by atoms with Gasteiger partial charge in [0.1, 0.15) is 11.5 Å². The minimum atomic E-state index is 0.219. The first-order chi connectivity index (χ1) is 8.38. The lowest BCUT2D eigenvalue weighted by Gasteiger charge is -2.20. The third-order valence-corrected chi connectivity index (χ3v) is 3.92. The summed E-state index contributed by atoms with van der Waals surface area (Å²) in [6.07, 6.45) is 1.42. The maximum atomic E-state index is 11.1. The maximum absolute atomic E-state index is 11.1. The van der Waals surface area contributed by atoms with Crippen LogP contribution in [-0.2, 0) is 4.79 Å². The third-order valence-electron chi connectivity index (χ3n) is 3.33. The van der Waals surface area contributed by atoms with Crippen LogP contribution in [0.4, 0.5) is 0 Å². The van der Waals surface area contributed by atoms with Gasteiger partial charge in [-0.2, -0.15) is 0 Å². The molecular formula is C15H21ClO2. The van der Waals surface area contributed by atoms with Crippen LogP contribution in [-0.4, -0.2) is 12.9 Å². The van der Waals surface area contributed by atoms with Gasteiger partial charge in [-0.25, -0.2) is 0 Å². The highest BCUT2D eigenvalue weighted by atomic mass is 35.5. The van der Waals surface area contributed by atoms with E-state index in [1.807, 2.05) is 19.9 Å². The molecule has 0 amide bonds. The number of Topliss-reactive ketones (excluding diaryl/α,β-unsaturated/α-hetero) is 1. The summed E-state index contributed by atoms with van der Waals surface area (Å²) in [6.45, 7) is 7.72. The van der Waals surface area contributed by atoms with Gasteiger partial charge in [-0.05, 0) is 50.3 Å². The van der Waals surface area contributed by atoms with E-state index in [4.69, 9.17) is 16.3 Å². The maximum Gasteiger partial charge on any atom is 0.129 e. The van der Waals surface area contributed by atoms with Crippen LogP contribution in [0.3, 0.4) is 0 Å². The predicted octanol–water partition coefficient (Wildman–Crippen LogP) is 4.44. The van der Waals surface area contributed by atoms with Crippen LogP contribution >= 0.6 is 11.6 Å². The van der Waals surface area contributed by atoms with Gasteiger partial charge in [-0.3, -0.25) is 0 Å². The van der Waals surface area contributed by atoms with E-state index < -0.39 is 0 Å². The third kappa shape index (κ3) is 3.26. The van der Waals surface area contributed by atoms with Gasteiger partial charge in [0, 0.05) is 17.0 Å². The van der Waals surface area contributed by atoms with Crippen LogP contribution in [0.15, 0.2) is 6.07 Å². The SMILES string of the molecule is COc1cc(C)c(Cl)c(C)c1C(C)CCC(C)=O. The molecule has 0 saturated carbocycles. The number of halogens is 1. The van der Waals surface area contributed by atoms with E-state index in [2.05, 4.69) is 6.92 Å². The van der Waals surface area contributed by atoms with Crippen molar-refractivity contribution in [3.8, 4) is 5.75 Å². The molecule has 0 heterocycles. The number of aryl methyl sites for hydroxylation is 1. The summed E-state index contributed by atoms with van der Waals surface area (Å²) < 4.78 is 5.45. The topological polar surface area (TPSA) is 26.3 Å². The van der Waals surface area contributed by atoms with Crippen LogP contribution in [0.2, 0.25) is 5.02 Å². The van der Waals surface area contributed by atoms with Crippen molar-refractivity contribution in [3.63, 3.8) is 0 Å². The second kappa shape index (κ2) is 6.24. The highest BCUT2D eigenvalue weighted by Gasteiger charge is 2.18. The van der Waals surface area contributed by atoms with Crippen molar-refractivity contribution < 1.29 is 9.53 Å². The minimum absolute atomic E-state index is 0.219.